The summed E-state index contributed by atoms with van der Waals surface area (Å²) in [7, 11) is 0. The van der Waals surface area contributed by atoms with Gasteiger partial charge in [0.05, 0.1) is 18.3 Å². The average Bonchev–Trinajstić information content (AvgIpc) is 3.79. The minimum atomic E-state index is 0.307. The van der Waals surface area contributed by atoms with Crippen LogP contribution >= 0.6 is 0 Å². The minimum Gasteiger partial charge on any atom is -0.468 e. The quantitative estimate of drug-likeness (QED) is 0.211. The Morgan fingerprint density at radius 1 is 0.721 bits per heavy atom. The van der Waals surface area contributed by atoms with E-state index in [9.17, 15) is 0 Å². The van der Waals surface area contributed by atoms with Crippen LogP contribution in [0.4, 0.5) is 0 Å². The Kier molecular flexibility index (Phi) is 5.89. The van der Waals surface area contributed by atoms with Gasteiger partial charge in [-0.25, -0.2) is 0 Å². The molecule has 0 saturated carbocycles. The number of hydrogen-bond donors (Lipinski definition) is 2. The summed E-state index contributed by atoms with van der Waals surface area (Å²) >= 11 is 0. The second-order valence-electron chi connectivity index (χ2n) is 13.2. The first-order valence-electron chi connectivity index (χ1n) is 16.3. The van der Waals surface area contributed by atoms with Crippen molar-refractivity contribution in [3.63, 3.8) is 0 Å². The van der Waals surface area contributed by atoms with Crippen molar-refractivity contribution in [1.82, 2.24) is 19.8 Å². The molecule has 0 aliphatic carbocycles. The predicted molar refractivity (Wildman–Crippen MR) is 174 cm³/mol. The first-order chi connectivity index (χ1) is 21.2. The third-order valence-corrected chi connectivity index (χ3v) is 11.3. The molecule has 5 aromatic rings. The number of piperidine rings is 2. The van der Waals surface area contributed by atoms with E-state index in [0.717, 1.165) is 57.6 Å². The fraction of sp³-hybridized carbons (Fsp3) is 0.368. The van der Waals surface area contributed by atoms with E-state index in [0.29, 0.717) is 23.9 Å². The largest absolute Gasteiger partial charge is 0.468 e. The molecule has 7 heterocycles. The Bertz CT molecular complexity index is 1780. The highest BCUT2D eigenvalue weighted by atomic mass is 16.3. The van der Waals surface area contributed by atoms with E-state index in [1.165, 1.54) is 61.0 Å². The smallest absolute Gasteiger partial charge is 0.111 e. The minimum absolute atomic E-state index is 0.307. The van der Waals surface area contributed by atoms with Crippen LogP contribution in [0.2, 0.25) is 0 Å². The Hall–Kier alpha value is -3.80. The van der Waals surface area contributed by atoms with E-state index < -0.39 is 0 Å². The number of H-pyrrole nitrogens is 2. The summed E-state index contributed by atoms with van der Waals surface area (Å²) in [6.45, 7) is 8.72. The normalized spacial score (nSPS) is 27.9. The van der Waals surface area contributed by atoms with Crippen molar-refractivity contribution >= 4 is 21.8 Å². The van der Waals surface area contributed by atoms with Gasteiger partial charge in [-0.1, -0.05) is 54.1 Å². The van der Waals surface area contributed by atoms with E-state index in [1.54, 1.807) is 0 Å². The zero-order valence-corrected chi connectivity index (χ0v) is 25.2. The summed E-state index contributed by atoms with van der Waals surface area (Å²) in [5.41, 5.74) is 12.8. The Morgan fingerprint density at radius 3 is 1.84 bits per heavy atom. The number of nitrogens with one attached hydrogen (secondary N) is 2. The van der Waals surface area contributed by atoms with E-state index in [-0.39, 0.29) is 0 Å². The lowest BCUT2D eigenvalue weighted by Gasteiger charge is -2.43. The summed E-state index contributed by atoms with van der Waals surface area (Å²) in [6, 6.07) is 20.9. The second kappa shape index (κ2) is 9.87. The molecule has 4 aliphatic heterocycles. The fourth-order valence-corrected chi connectivity index (χ4v) is 9.06. The highest BCUT2D eigenvalue weighted by Gasteiger charge is 2.41. The maximum atomic E-state index is 6.54. The van der Waals surface area contributed by atoms with Crippen LogP contribution in [0, 0.1) is 0 Å². The van der Waals surface area contributed by atoms with Crippen molar-refractivity contribution in [1.29, 1.82) is 0 Å². The molecular weight excluding hydrogens is 528 g/mol. The van der Waals surface area contributed by atoms with Crippen molar-refractivity contribution < 1.29 is 4.42 Å². The van der Waals surface area contributed by atoms with Gasteiger partial charge in [-0.05, 0) is 80.0 Å². The zero-order valence-electron chi connectivity index (χ0n) is 25.2. The lowest BCUT2D eigenvalue weighted by molar-refractivity contribution is 0.150. The number of fused-ring (bicyclic) bond motifs is 10. The third-order valence-electron chi connectivity index (χ3n) is 11.3. The summed E-state index contributed by atoms with van der Waals surface area (Å²) < 4.78 is 6.54. The maximum Gasteiger partial charge on any atom is 0.111 e. The van der Waals surface area contributed by atoms with Gasteiger partial charge in [0.25, 0.3) is 0 Å². The van der Waals surface area contributed by atoms with Gasteiger partial charge in [0.1, 0.15) is 5.76 Å². The van der Waals surface area contributed by atoms with Crippen LogP contribution in [0.3, 0.4) is 0 Å². The Labute approximate surface area is 253 Å². The number of para-hydroxylation sites is 2. The molecule has 0 bridgehead atoms. The topological polar surface area (TPSA) is 51.2 Å². The summed E-state index contributed by atoms with van der Waals surface area (Å²) in [6.07, 6.45) is 11.2. The number of furan rings is 1. The molecule has 2 N–H and O–H groups in total. The number of hydrogen-bond acceptors (Lipinski definition) is 3. The molecule has 9 rings (SSSR count). The number of benzene rings is 2. The predicted octanol–water partition coefficient (Wildman–Crippen LogP) is 8.31. The molecular formula is C38H40N4O. The highest BCUT2D eigenvalue weighted by molar-refractivity contribution is 5.86. The van der Waals surface area contributed by atoms with Crippen LogP contribution in [0.5, 0.6) is 0 Å². The number of rotatable bonds is 2. The number of aromatic amines is 2. The summed E-state index contributed by atoms with van der Waals surface area (Å²) in [5.74, 6) is 1.82. The molecule has 0 amide bonds. The standard InChI is InChI=1S/C38H40N4O/c1-3-23-20-41-15-13-28-26-9-5-7-11-32(26)39-37(28)34(41)18-30(23)25-17-36(43-22-25)31-19-35-38-29(14-16-42(35)21-24(31)4-2)27-10-6-8-12-33(27)40-38/h3-12,17,22,30-31,34-35,39-40H,13-16,18-21H2,1-2H3/b23-3-,24-4-/t30-,31-,34-,35+/m0/s1. The molecule has 2 saturated heterocycles. The fourth-order valence-electron chi connectivity index (χ4n) is 9.06. The van der Waals surface area contributed by atoms with Crippen molar-refractivity contribution in [2.75, 3.05) is 26.2 Å². The molecule has 218 valence electrons. The third kappa shape index (κ3) is 3.91. The summed E-state index contributed by atoms with van der Waals surface area (Å²) in [4.78, 5) is 13.0. The zero-order chi connectivity index (χ0) is 28.7. The lowest BCUT2D eigenvalue weighted by atomic mass is 9.78. The molecule has 0 radical (unpaired) electrons. The molecule has 4 aliphatic rings. The molecule has 3 aromatic heterocycles. The molecule has 4 atom stereocenters. The molecule has 0 unspecified atom stereocenters. The Morgan fingerprint density at radius 2 is 1.26 bits per heavy atom. The lowest BCUT2D eigenvalue weighted by Crippen LogP contribution is -2.42. The van der Waals surface area contributed by atoms with Crippen LogP contribution in [0.1, 0.15) is 84.4 Å². The molecule has 0 spiro atoms. The van der Waals surface area contributed by atoms with Gasteiger partial charge in [-0.3, -0.25) is 9.80 Å². The van der Waals surface area contributed by atoms with Gasteiger partial charge in [0.15, 0.2) is 0 Å². The van der Waals surface area contributed by atoms with Gasteiger partial charge in [0.2, 0.25) is 0 Å². The first kappa shape index (κ1) is 25.7. The maximum absolute atomic E-state index is 6.54. The van der Waals surface area contributed by atoms with E-state index in [4.69, 9.17) is 4.42 Å². The molecule has 5 heteroatoms. The van der Waals surface area contributed by atoms with E-state index in [2.05, 4.69) is 107 Å². The van der Waals surface area contributed by atoms with Crippen LogP contribution < -0.4 is 0 Å². The molecule has 5 nitrogen and oxygen atoms in total. The van der Waals surface area contributed by atoms with Crippen LogP contribution in [-0.4, -0.2) is 45.9 Å². The molecule has 2 fully saturated rings. The van der Waals surface area contributed by atoms with E-state index in [1.807, 2.05) is 0 Å². The average molecular weight is 569 g/mol. The Balaban J connectivity index is 1.04. The van der Waals surface area contributed by atoms with Gasteiger partial charge < -0.3 is 14.4 Å². The highest BCUT2D eigenvalue weighted by Crippen LogP contribution is 2.49. The van der Waals surface area contributed by atoms with Crippen LogP contribution in [0.15, 0.2) is 88.6 Å². The van der Waals surface area contributed by atoms with Gasteiger partial charge in [-0.15, -0.1) is 0 Å². The number of nitrogens with zero attached hydrogens (tertiary/aromatic N) is 2. The van der Waals surface area contributed by atoms with E-state index >= 15 is 0 Å². The van der Waals surface area contributed by atoms with Crippen molar-refractivity contribution in [3.8, 4) is 0 Å². The first-order valence-corrected chi connectivity index (χ1v) is 16.3. The number of aromatic nitrogens is 2. The summed E-state index contributed by atoms with van der Waals surface area (Å²) in [5, 5.41) is 2.80. The van der Waals surface area contributed by atoms with Gasteiger partial charge in [0, 0.05) is 71.2 Å². The van der Waals surface area contributed by atoms with Gasteiger partial charge in [-0.2, -0.15) is 0 Å². The van der Waals surface area contributed by atoms with Crippen molar-refractivity contribution in [2.45, 2.75) is 63.5 Å². The van der Waals surface area contributed by atoms with Gasteiger partial charge >= 0.3 is 0 Å². The molecule has 2 aromatic carbocycles. The SMILES string of the molecule is C/C=C1/CN2CCc3c([nH]c4ccccc34)[C@@H]2C[C@@H]1c1coc([C@H]2C[C@@H]3c4[nH]c5ccccc5c4CCN3C/C2=C/C)c1. The molecule has 43 heavy (non-hydrogen) atoms. The second-order valence-corrected chi connectivity index (χ2v) is 13.2. The number of allylic oxidation sites excluding steroid dienone is 2. The monoisotopic (exact) mass is 568 g/mol. The van der Waals surface area contributed by atoms with Crippen molar-refractivity contribution in [3.05, 3.63) is 118 Å². The van der Waals surface area contributed by atoms with Crippen LogP contribution in [-0.2, 0) is 12.8 Å². The van der Waals surface area contributed by atoms with Crippen LogP contribution in [0.25, 0.3) is 21.8 Å². The van der Waals surface area contributed by atoms with Crippen molar-refractivity contribution in [2.24, 2.45) is 0 Å².